The molecule has 0 atom stereocenters. The van der Waals surface area contributed by atoms with Crippen molar-refractivity contribution in [2.24, 2.45) is 0 Å². The van der Waals surface area contributed by atoms with Crippen molar-refractivity contribution >= 4 is 34.9 Å². The summed E-state index contributed by atoms with van der Waals surface area (Å²) in [6.45, 7) is 2.63. The third-order valence-electron chi connectivity index (χ3n) is 2.98. The highest BCUT2D eigenvalue weighted by Gasteiger charge is 2.03. The van der Waals surface area contributed by atoms with Crippen molar-refractivity contribution in [2.45, 2.75) is 6.92 Å². The predicted molar refractivity (Wildman–Crippen MR) is 85.6 cm³/mol. The Bertz CT molecular complexity index is 775. The van der Waals surface area contributed by atoms with Gasteiger partial charge in [-0.3, -0.25) is 0 Å². The van der Waals surface area contributed by atoms with E-state index in [1.165, 1.54) is 0 Å². The Hall–Kier alpha value is -2.26. The minimum Gasteiger partial charge on any atom is -0.494 e. The van der Waals surface area contributed by atoms with E-state index in [-0.39, 0.29) is 0 Å². The molecule has 0 amide bonds. The molecule has 0 aliphatic heterocycles. The zero-order valence-corrected chi connectivity index (χ0v) is 12.3. The molecule has 0 saturated heterocycles. The molecule has 0 N–H and O–H groups in total. The molecule has 3 nitrogen and oxygen atoms in total. The summed E-state index contributed by atoms with van der Waals surface area (Å²) in [6.07, 6.45) is 3.78. The van der Waals surface area contributed by atoms with Gasteiger partial charge in [0.1, 0.15) is 11.3 Å². The maximum atomic E-state index is 5.93. The molecular formula is C17H14ClNO2. The van der Waals surface area contributed by atoms with E-state index < -0.39 is 0 Å². The molecule has 3 rings (SSSR count). The number of ether oxygens (including phenoxy) is 1. The lowest BCUT2D eigenvalue weighted by atomic mass is 10.2. The summed E-state index contributed by atoms with van der Waals surface area (Å²) in [5.41, 5.74) is 2.54. The first kappa shape index (κ1) is 13.7. The maximum absolute atomic E-state index is 5.93. The maximum Gasteiger partial charge on any atom is 0.220 e. The molecule has 0 radical (unpaired) electrons. The van der Waals surface area contributed by atoms with Gasteiger partial charge < -0.3 is 9.15 Å². The first-order chi connectivity index (χ1) is 10.2. The topological polar surface area (TPSA) is 35.3 Å². The van der Waals surface area contributed by atoms with Crippen LogP contribution in [0.5, 0.6) is 5.75 Å². The van der Waals surface area contributed by atoms with E-state index in [2.05, 4.69) is 4.98 Å². The third kappa shape index (κ3) is 3.26. The Kier molecular flexibility index (Phi) is 3.93. The van der Waals surface area contributed by atoms with Crippen LogP contribution < -0.4 is 4.74 Å². The number of aromatic nitrogens is 1. The molecule has 0 aliphatic carbocycles. The SMILES string of the molecule is CCOc1ccc(C=Cc2nc3cc(Cl)ccc3o2)cc1. The summed E-state index contributed by atoms with van der Waals surface area (Å²) in [6, 6.07) is 13.2. The second kappa shape index (κ2) is 6.02. The van der Waals surface area contributed by atoms with Crippen LogP contribution in [0.2, 0.25) is 5.02 Å². The summed E-state index contributed by atoms with van der Waals surface area (Å²) < 4.78 is 11.0. The van der Waals surface area contributed by atoms with Crippen LogP contribution in [0.4, 0.5) is 0 Å². The van der Waals surface area contributed by atoms with Gasteiger partial charge >= 0.3 is 0 Å². The monoisotopic (exact) mass is 299 g/mol. The fourth-order valence-electron chi connectivity index (χ4n) is 2.00. The third-order valence-corrected chi connectivity index (χ3v) is 3.21. The van der Waals surface area contributed by atoms with Crippen LogP contribution in [0.1, 0.15) is 18.4 Å². The van der Waals surface area contributed by atoms with Gasteiger partial charge in [0.25, 0.3) is 0 Å². The molecule has 4 heteroatoms. The Morgan fingerprint density at radius 1 is 1.14 bits per heavy atom. The average Bonchev–Trinajstić information content (AvgIpc) is 2.89. The van der Waals surface area contributed by atoms with Gasteiger partial charge in [-0.25, -0.2) is 4.98 Å². The lowest BCUT2D eigenvalue weighted by molar-refractivity contribution is 0.340. The lowest BCUT2D eigenvalue weighted by Crippen LogP contribution is -1.90. The van der Waals surface area contributed by atoms with Gasteiger partial charge in [0.15, 0.2) is 5.58 Å². The van der Waals surface area contributed by atoms with Crippen molar-refractivity contribution < 1.29 is 9.15 Å². The largest absolute Gasteiger partial charge is 0.494 e. The zero-order chi connectivity index (χ0) is 14.7. The van der Waals surface area contributed by atoms with Gasteiger partial charge in [0.05, 0.1) is 6.61 Å². The van der Waals surface area contributed by atoms with Crippen LogP contribution in [-0.2, 0) is 0 Å². The summed E-state index contributed by atoms with van der Waals surface area (Å²) in [5.74, 6) is 1.42. The Balaban J connectivity index is 1.80. The zero-order valence-electron chi connectivity index (χ0n) is 11.5. The van der Waals surface area contributed by atoms with Crippen LogP contribution in [0.15, 0.2) is 46.9 Å². The average molecular weight is 300 g/mol. The molecule has 3 aromatic rings. The Morgan fingerprint density at radius 2 is 1.95 bits per heavy atom. The second-order valence-electron chi connectivity index (χ2n) is 4.50. The number of benzene rings is 2. The molecule has 1 heterocycles. The predicted octanol–water partition coefficient (Wildman–Crippen LogP) is 5.05. The van der Waals surface area contributed by atoms with Crippen LogP contribution in [0.25, 0.3) is 23.3 Å². The smallest absolute Gasteiger partial charge is 0.220 e. The minimum atomic E-state index is 0.557. The lowest BCUT2D eigenvalue weighted by Gasteiger charge is -2.01. The van der Waals surface area contributed by atoms with E-state index in [1.54, 1.807) is 12.1 Å². The second-order valence-corrected chi connectivity index (χ2v) is 4.94. The van der Waals surface area contributed by atoms with Gasteiger partial charge in [-0.1, -0.05) is 23.7 Å². The molecule has 1 aromatic heterocycles. The van der Waals surface area contributed by atoms with Crippen LogP contribution in [0, 0.1) is 0 Å². The number of rotatable bonds is 4. The van der Waals surface area contributed by atoms with E-state index >= 15 is 0 Å². The van der Waals surface area contributed by atoms with Crippen molar-refractivity contribution in [3.8, 4) is 5.75 Å². The Morgan fingerprint density at radius 3 is 2.71 bits per heavy atom. The molecule has 0 aliphatic rings. The highest BCUT2D eigenvalue weighted by atomic mass is 35.5. The summed E-state index contributed by atoms with van der Waals surface area (Å²) in [7, 11) is 0. The van der Waals surface area contributed by atoms with Gasteiger partial charge in [0.2, 0.25) is 5.89 Å². The quantitative estimate of drug-likeness (QED) is 0.676. The fourth-order valence-corrected chi connectivity index (χ4v) is 2.17. The minimum absolute atomic E-state index is 0.557. The highest BCUT2D eigenvalue weighted by molar-refractivity contribution is 6.31. The number of halogens is 1. The first-order valence-electron chi connectivity index (χ1n) is 6.71. The molecule has 0 spiro atoms. The van der Waals surface area contributed by atoms with Gasteiger partial charge in [0, 0.05) is 11.1 Å². The molecular weight excluding hydrogens is 286 g/mol. The van der Waals surface area contributed by atoms with Crippen LogP contribution in [-0.4, -0.2) is 11.6 Å². The normalized spacial score (nSPS) is 11.3. The van der Waals surface area contributed by atoms with E-state index in [9.17, 15) is 0 Å². The Labute approximate surface area is 127 Å². The van der Waals surface area contributed by atoms with Gasteiger partial charge in [-0.05, 0) is 48.9 Å². The van der Waals surface area contributed by atoms with Gasteiger partial charge in [-0.2, -0.15) is 0 Å². The fraction of sp³-hybridized carbons (Fsp3) is 0.118. The van der Waals surface area contributed by atoms with Crippen molar-refractivity contribution in [1.29, 1.82) is 0 Å². The number of nitrogens with zero attached hydrogens (tertiary/aromatic N) is 1. The van der Waals surface area contributed by atoms with E-state index in [0.717, 1.165) is 22.4 Å². The number of hydrogen-bond acceptors (Lipinski definition) is 3. The number of fused-ring (bicyclic) bond motifs is 1. The molecule has 0 fully saturated rings. The van der Waals surface area contributed by atoms with Crippen molar-refractivity contribution in [3.05, 3.63) is 58.9 Å². The summed E-state index contributed by atoms with van der Waals surface area (Å²) in [4.78, 5) is 4.37. The number of oxazole rings is 1. The van der Waals surface area contributed by atoms with Crippen molar-refractivity contribution in [3.63, 3.8) is 0 Å². The molecule has 106 valence electrons. The highest BCUT2D eigenvalue weighted by Crippen LogP contribution is 2.21. The molecule has 0 unspecified atom stereocenters. The van der Waals surface area contributed by atoms with E-state index in [4.69, 9.17) is 20.8 Å². The molecule has 0 bridgehead atoms. The van der Waals surface area contributed by atoms with Crippen LogP contribution in [0.3, 0.4) is 0 Å². The molecule has 2 aromatic carbocycles. The van der Waals surface area contributed by atoms with Crippen molar-refractivity contribution in [2.75, 3.05) is 6.61 Å². The number of hydrogen-bond donors (Lipinski definition) is 0. The summed E-state index contributed by atoms with van der Waals surface area (Å²) >= 11 is 5.93. The molecule has 0 saturated carbocycles. The van der Waals surface area contributed by atoms with Crippen LogP contribution >= 0.6 is 11.6 Å². The summed E-state index contributed by atoms with van der Waals surface area (Å²) in [5, 5.41) is 0.651. The van der Waals surface area contributed by atoms with E-state index in [0.29, 0.717) is 17.5 Å². The van der Waals surface area contributed by atoms with E-state index in [1.807, 2.05) is 49.4 Å². The van der Waals surface area contributed by atoms with Gasteiger partial charge in [-0.15, -0.1) is 0 Å². The first-order valence-corrected chi connectivity index (χ1v) is 7.09. The standard InChI is InChI=1S/C17H14ClNO2/c1-2-20-14-7-3-12(4-8-14)5-10-17-19-15-11-13(18)6-9-16(15)21-17/h3-11H,2H2,1H3. The molecule has 21 heavy (non-hydrogen) atoms. The van der Waals surface area contributed by atoms with Crippen molar-refractivity contribution in [1.82, 2.24) is 4.98 Å².